The number of alkyl halides is 1. The van der Waals surface area contributed by atoms with Gasteiger partial charge in [0, 0.05) is 18.8 Å². The molecule has 0 bridgehead atoms. The van der Waals surface area contributed by atoms with Gasteiger partial charge in [0.1, 0.15) is 5.75 Å². The molecule has 0 atom stereocenters. The van der Waals surface area contributed by atoms with Crippen LogP contribution < -0.4 is 10.1 Å². The Morgan fingerprint density at radius 1 is 1.21 bits per heavy atom. The molecular formula is C15H22BrNO2. The number of benzene rings is 1. The summed E-state index contributed by atoms with van der Waals surface area (Å²) in [5.41, 5.74) is 1.21. The minimum absolute atomic E-state index is 0.0171. The summed E-state index contributed by atoms with van der Waals surface area (Å²) in [5, 5.41) is 3.85. The Hall–Kier alpha value is -1.03. The molecule has 1 aromatic carbocycles. The van der Waals surface area contributed by atoms with Crippen LogP contribution in [-0.4, -0.2) is 24.4 Å². The summed E-state index contributed by atoms with van der Waals surface area (Å²) < 4.78 is 5.67. The van der Waals surface area contributed by atoms with Gasteiger partial charge in [-0.15, -0.1) is 0 Å². The number of carbonyl (C=O) groups excluding carboxylic acids is 1. The molecule has 0 unspecified atom stereocenters. The molecule has 0 aliphatic carbocycles. The van der Waals surface area contributed by atoms with Gasteiger partial charge >= 0.3 is 0 Å². The molecule has 0 fully saturated rings. The lowest BCUT2D eigenvalue weighted by Gasteiger charge is -2.07. The lowest BCUT2D eigenvalue weighted by atomic mass is 10.1. The Labute approximate surface area is 123 Å². The molecule has 0 saturated carbocycles. The summed E-state index contributed by atoms with van der Waals surface area (Å²) in [5.74, 6) is 0.936. The van der Waals surface area contributed by atoms with Gasteiger partial charge in [-0.3, -0.25) is 4.79 Å². The van der Waals surface area contributed by atoms with Gasteiger partial charge < -0.3 is 10.1 Å². The van der Waals surface area contributed by atoms with Crippen LogP contribution in [0.1, 0.15) is 31.7 Å². The van der Waals surface area contributed by atoms with Crippen molar-refractivity contribution in [2.75, 3.05) is 18.5 Å². The fraction of sp³-hybridized carbons (Fsp3) is 0.533. The minimum atomic E-state index is 0.0171. The molecule has 0 saturated heterocycles. The molecule has 4 heteroatoms. The zero-order chi connectivity index (χ0) is 13.9. The summed E-state index contributed by atoms with van der Waals surface area (Å²) in [6, 6.07) is 8.09. The lowest BCUT2D eigenvalue weighted by Crippen LogP contribution is -2.22. The SMILES string of the molecule is CC(=O)NCCc1ccc(OCCCCCBr)cc1. The summed E-state index contributed by atoms with van der Waals surface area (Å²) in [7, 11) is 0. The number of carbonyl (C=O) groups is 1. The first kappa shape index (κ1) is 16.0. The van der Waals surface area contributed by atoms with Gasteiger partial charge in [-0.2, -0.15) is 0 Å². The van der Waals surface area contributed by atoms with Gasteiger partial charge in [0.15, 0.2) is 0 Å². The van der Waals surface area contributed by atoms with E-state index >= 15 is 0 Å². The zero-order valence-corrected chi connectivity index (χ0v) is 13.0. The van der Waals surface area contributed by atoms with Crippen molar-refractivity contribution in [2.45, 2.75) is 32.6 Å². The molecule has 1 rings (SSSR count). The second-order valence-corrected chi connectivity index (χ2v) is 5.27. The Balaban J connectivity index is 2.21. The molecule has 106 valence electrons. The maximum absolute atomic E-state index is 10.7. The van der Waals surface area contributed by atoms with E-state index in [4.69, 9.17) is 4.74 Å². The first-order valence-electron chi connectivity index (χ1n) is 6.74. The van der Waals surface area contributed by atoms with E-state index in [0.717, 1.165) is 30.5 Å². The molecule has 0 spiro atoms. The first-order valence-corrected chi connectivity index (χ1v) is 7.86. The van der Waals surface area contributed by atoms with E-state index in [1.54, 1.807) is 0 Å². The van der Waals surface area contributed by atoms with Gasteiger partial charge in [-0.05, 0) is 43.4 Å². The van der Waals surface area contributed by atoms with Gasteiger partial charge in [0.25, 0.3) is 0 Å². The zero-order valence-electron chi connectivity index (χ0n) is 11.5. The van der Waals surface area contributed by atoms with Crippen molar-refractivity contribution in [1.29, 1.82) is 0 Å². The summed E-state index contributed by atoms with van der Waals surface area (Å²) >= 11 is 3.42. The van der Waals surface area contributed by atoms with E-state index in [1.807, 2.05) is 12.1 Å². The van der Waals surface area contributed by atoms with Gasteiger partial charge in [0.2, 0.25) is 5.91 Å². The molecule has 0 aliphatic heterocycles. The fourth-order valence-electron chi connectivity index (χ4n) is 1.70. The van der Waals surface area contributed by atoms with Crippen LogP contribution in [0.3, 0.4) is 0 Å². The molecule has 1 N–H and O–H groups in total. The largest absolute Gasteiger partial charge is 0.494 e. The normalized spacial score (nSPS) is 10.2. The number of unbranched alkanes of at least 4 members (excludes halogenated alkanes) is 2. The number of hydrogen-bond acceptors (Lipinski definition) is 2. The Morgan fingerprint density at radius 3 is 2.58 bits per heavy atom. The first-order chi connectivity index (χ1) is 9.22. The van der Waals surface area contributed by atoms with E-state index < -0.39 is 0 Å². The summed E-state index contributed by atoms with van der Waals surface area (Å²) in [6.45, 7) is 2.99. The van der Waals surface area contributed by atoms with Crippen molar-refractivity contribution in [1.82, 2.24) is 5.32 Å². The molecule has 1 amide bonds. The Kier molecular flexibility index (Phi) is 8.30. The number of nitrogens with one attached hydrogen (secondary N) is 1. The van der Waals surface area contributed by atoms with Crippen LogP contribution in [-0.2, 0) is 11.2 Å². The highest BCUT2D eigenvalue weighted by molar-refractivity contribution is 9.09. The fourth-order valence-corrected chi connectivity index (χ4v) is 2.10. The average Bonchev–Trinajstić information content (AvgIpc) is 2.40. The summed E-state index contributed by atoms with van der Waals surface area (Å²) in [6.07, 6.45) is 4.34. The van der Waals surface area contributed by atoms with E-state index in [9.17, 15) is 4.79 Å². The minimum Gasteiger partial charge on any atom is -0.494 e. The van der Waals surface area contributed by atoms with Crippen LogP contribution in [0.15, 0.2) is 24.3 Å². The molecule has 0 heterocycles. The van der Waals surface area contributed by atoms with Crippen LogP contribution in [0, 0.1) is 0 Å². The summed E-state index contributed by atoms with van der Waals surface area (Å²) in [4.78, 5) is 10.7. The number of hydrogen-bond donors (Lipinski definition) is 1. The predicted octanol–water partition coefficient (Wildman–Crippen LogP) is 3.31. The van der Waals surface area contributed by atoms with Gasteiger partial charge in [-0.25, -0.2) is 0 Å². The van der Waals surface area contributed by atoms with Crippen LogP contribution in [0.5, 0.6) is 5.75 Å². The number of ether oxygens (including phenoxy) is 1. The van der Waals surface area contributed by atoms with Crippen molar-refractivity contribution >= 4 is 21.8 Å². The molecule has 1 aromatic rings. The van der Waals surface area contributed by atoms with E-state index in [1.165, 1.54) is 25.3 Å². The lowest BCUT2D eigenvalue weighted by molar-refractivity contribution is -0.118. The van der Waals surface area contributed by atoms with E-state index in [-0.39, 0.29) is 5.91 Å². The Bertz CT molecular complexity index is 365. The van der Waals surface area contributed by atoms with Crippen molar-refractivity contribution in [3.05, 3.63) is 29.8 Å². The predicted molar refractivity (Wildman–Crippen MR) is 82.0 cm³/mol. The third-order valence-corrected chi connectivity index (χ3v) is 3.32. The van der Waals surface area contributed by atoms with E-state index in [0.29, 0.717) is 6.54 Å². The van der Waals surface area contributed by atoms with Crippen molar-refractivity contribution in [3.63, 3.8) is 0 Å². The molecule has 3 nitrogen and oxygen atoms in total. The third-order valence-electron chi connectivity index (χ3n) is 2.76. The highest BCUT2D eigenvalue weighted by Crippen LogP contribution is 2.13. The number of amides is 1. The van der Waals surface area contributed by atoms with Crippen LogP contribution in [0.4, 0.5) is 0 Å². The third kappa shape index (κ3) is 7.88. The van der Waals surface area contributed by atoms with Crippen LogP contribution in [0.25, 0.3) is 0 Å². The second kappa shape index (κ2) is 9.84. The second-order valence-electron chi connectivity index (χ2n) is 4.48. The quantitative estimate of drug-likeness (QED) is 0.558. The standard InChI is InChI=1S/C15H22BrNO2/c1-13(18)17-11-9-14-5-7-15(8-6-14)19-12-4-2-3-10-16/h5-8H,2-4,9-12H2,1H3,(H,17,18). The maximum atomic E-state index is 10.7. The highest BCUT2D eigenvalue weighted by atomic mass is 79.9. The topological polar surface area (TPSA) is 38.3 Å². The molecule has 19 heavy (non-hydrogen) atoms. The maximum Gasteiger partial charge on any atom is 0.216 e. The van der Waals surface area contributed by atoms with Crippen molar-refractivity contribution < 1.29 is 9.53 Å². The van der Waals surface area contributed by atoms with Crippen LogP contribution in [0.2, 0.25) is 0 Å². The van der Waals surface area contributed by atoms with Gasteiger partial charge in [0.05, 0.1) is 6.61 Å². The highest BCUT2D eigenvalue weighted by Gasteiger charge is 1.97. The van der Waals surface area contributed by atoms with Gasteiger partial charge in [-0.1, -0.05) is 28.1 Å². The molecule has 0 aromatic heterocycles. The van der Waals surface area contributed by atoms with Crippen LogP contribution >= 0.6 is 15.9 Å². The number of rotatable bonds is 9. The molecule has 0 radical (unpaired) electrons. The van der Waals surface area contributed by atoms with Crippen molar-refractivity contribution in [2.24, 2.45) is 0 Å². The Morgan fingerprint density at radius 2 is 1.95 bits per heavy atom. The monoisotopic (exact) mass is 327 g/mol. The van der Waals surface area contributed by atoms with Crippen molar-refractivity contribution in [3.8, 4) is 5.75 Å². The average molecular weight is 328 g/mol. The molecular weight excluding hydrogens is 306 g/mol. The van der Waals surface area contributed by atoms with E-state index in [2.05, 4.69) is 33.4 Å². The molecule has 0 aliphatic rings. The number of halogens is 1. The smallest absolute Gasteiger partial charge is 0.216 e.